The van der Waals surface area contributed by atoms with Crippen LogP contribution in [-0.2, 0) is 14.9 Å². The molecule has 1 heterocycles. The average molecular weight is 308 g/mol. The van der Waals surface area contributed by atoms with E-state index in [0.717, 1.165) is 0 Å². The first-order valence-corrected chi connectivity index (χ1v) is 6.78. The third kappa shape index (κ3) is 2.74. The molecule has 0 radical (unpaired) electrons. The van der Waals surface area contributed by atoms with E-state index in [-0.39, 0.29) is 11.7 Å². The van der Waals surface area contributed by atoms with Crippen molar-refractivity contribution >= 4 is 50.8 Å². The minimum atomic E-state index is -3.87. The molecule has 1 aromatic rings. The molecule has 0 aromatic heterocycles. The van der Waals surface area contributed by atoms with Crippen molar-refractivity contribution in [2.75, 3.05) is 12.4 Å². The minimum absolute atomic E-state index is 0.00381. The number of nitrogens with one attached hydrogen (secondary N) is 1. The fourth-order valence-electron chi connectivity index (χ4n) is 1.24. The fraction of sp³-hybridized carbons (Fsp3) is 0.111. The lowest BCUT2D eigenvalue weighted by Crippen LogP contribution is -2.21. The third-order valence-corrected chi connectivity index (χ3v) is 3.53. The van der Waals surface area contributed by atoms with Crippen LogP contribution in [0.2, 0.25) is 10.0 Å². The first kappa shape index (κ1) is 13.1. The van der Waals surface area contributed by atoms with E-state index >= 15 is 0 Å². The van der Waals surface area contributed by atoms with E-state index in [0.29, 0.717) is 15.7 Å². The second-order valence-electron chi connectivity index (χ2n) is 3.24. The lowest BCUT2D eigenvalue weighted by atomic mass is 10.3. The van der Waals surface area contributed by atoms with E-state index in [1.165, 1.54) is 13.2 Å². The SMILES string of the molecule is COC1=NS(=O)(=O)N=C1Nc1ccc(Cl)c(Cl)c1. The summed E-state index contributed by atoms with van der Waals surface area (Å²) in [5.41, 5.74) is 0.519. The van der Waals surface area contributed by atoms with Crippen LogP contribution < -0.4 is 5.32 Å². The summed E-state index contributed by atoms with van der Waals surface area (Å²) in [6.45, 7) is 0. The summed E-state index contributed by atoms with van der Waals surface area (Å²) in [5, 5.41) is 3.46. The fourth-order valence-corrected chi connectivity index (χ4v) is 2.31. The quantitative estimate of drug-likeness (QED) is 0.861. The molecular formula is C9H7Cl2N3O3S. The van der Waals surface area contributed by atoms with E-state index in [2.05, 4.69) is 14.1 Å². The van der Waals surface area contributed by atoms with Gasteiger partial charge in [-0.3, -0.25) is 0 Å². The number of anilines is 1. The standard InChI is InChI=1S/C9H7Cl2N3O3S/c1-17-9-8(13-18(15,16)14-9)12-5-2-3-6(10)7(11)4-5/h2-4H,1H3,(H,12,13). The van der Waals surface area contributed by atoms with Crippen molar-refractivity contribution in [1.82, 2.24) is 0 Å². The first-order valence-electron chi connectivity index (χ1n) is 4.62. The third-order valence-electron chi connectivity index (χ3n) is 1.98. The average Bonchev–Trinajstić information content (AvgIpc) is 2.58. The Hall–Kier alpha value is -1.31. The van der Waals surface area contributed by atoms with E-state index < -0.39 is 10.2 Å². The molecule has 1 aliphatic heterocycles. The molecule has 0 aliphatic carbocycles. The summed E-state index contributed by atoms with van der Waals surface area (Å²) in [6.07, 6.45) is 0. The van der Waals surface area contributed by atoms with Gasteiger partial charge in [-0.2, -0.15) is 8.42 Å². The van der Waals surface area contributed by atoms with Gasteiger partial charge in [0.1, 0.15) is 0 Å². The maximum atomic E-state index is 11.2. The lowest BCUT2D eigenvalue weighted by molar-refractivity contribution is 0.412. The molecule has 2 rings (SSSR count). The first-order chi connectivity index (χ1) is 8.41. The molecule has 0 atom stereocenters. The molecular weight excluding hydrogens is 301 g/mol. The molecule has 1 aliphatic rings. The molecule has 1 aromatic carbocycles. The van der Waals surface area contributed by atoms with Crippen LogP contribution in [0.3, 0.4) is 0 Å². The number of hydrogen-bond donors (Lipinski definition) is 1. The number of rotatable bonds is 1. The highest BCUT2D eigenvalue weighted by Crippen LogP contribution is 2.25. The summed E-state index contributed by atoms with van der Waals surface area (Å²) >= 11 is 11.6. The van der Waals surface area contributed by atoms with Gasteiger partial charge in [-0.15, -0.1) is 8.80 Å². The zero-order valence-corrected chi connectivity index (χ0v) is 11.3. The molecule has 0 amide bonds. The van der Waals surface area contributed by atoms with Crippen molar-refractivity contribution in [3.05, 3.63) is 28.2 Å². The molecule has 0 saturated heterocycles. The topological polar surface area (TPSA) is 80.1 Å². The number of methoxy groups -OCH3 is 1. The number of hydrogen-bond acceptors (Lipinski definition) is 4. The summed E-state index contributed by atoms with van der Waals surface area (Å²) < 4.78 is 33.9. The summed E-state index contributed by atoms with van der Waals surface area (Å²) in [5.74, 6) is -0.114. The zero-order valence-electron chi connectivity index (χ0n) is 9.02. The van der Waals surface area contributed by atoms with Crippen molar-refractivity contribution in [1.29, 1.82) is 0 Å². The molecule has 0 spiro atoms. The summed E-state index contributed by atoms with van der Waals surface area (Å²) in [7, 11) is -2.57. The largest absolute Gasteiger partial charge is 0.478 e. The highest BCUT2D eigenvalue weighted by atomic mass is 35.5. The van der Waals surface area contributed by atoms with Crippen LogP contribution in [0, 0.1) is 0 Å². The second kappa shape index (κ2) is 4.75. The van der Waals surface area contributed by atoms with Crippen molar-refractivity contribution in [3.63, 3.8) is 0 Å². The Kier molecular flexibility index (Phi) is 3.47. The van der Waals surface area contributed by atoms with Gasteiger partial charge in [0, 0.05) is 5.69 Å². The highest BCUT2D eigenvalue weighted by Gasteiger charge is 2.25. The van der Waals surface area contributed by atoms with E-state index in [1.807, 2.05) is 0 Å². The Morgan fingerprint density at radius 2 is 1.94 bits per heavy atom. The molecule has 9 heteroatoms. The van der Waals surface area contributed by atoms with Gasteiger partial charge in [0.15, 0.2) is 0 Å². The number of ether oxygens (including phenoxy) is 1. The predicted octanol–water partition coefficient (Wildman–Crippen LogP) is 2.11. The maximum absolute atomic E-state index is 11.2. The predicted molar refractivity (Wildman–Crippen MR) is 70.9 cm³/mol. The van der Waals surface area contributed by atoms with Gasteiger partial charge in [-0.25, -0.2) is 0 Å². The van der Waals surface area contributed by atoms with Gasteiger partial charge in [0.2, 0.25) is 5.84 Å². The van der Waals surface area contributed by atoms with E-state index in [1.54, 1.807) is 12.1 Å². The van der Waals surface area contributed by atoms with Crippen LogP contribution in [0.25, 0.3) is 0 Å². The maximum Gasteiger partial charge on any atom is 0.368 e. The molecule has 0 saturated carbocycles. The zero-order chi connectivity index (χ0) is 13.3. The van der Waals surface area contributed by atoms with Crippen LogP contribution in [0.1, 0.15) is 0 Å². The number of amidine groups is 1. The molecule has 0 fully saturated rings. The van der Waals surface area contributed by atoms with Crippen LogP contribution in [0.5, 0.6) is 0 Å². The lowest BCUT2D eigenvalue weighted by Gasteiger charge is -2.07. The minimum Gasteiger partial charge on any atom is -0.478 e. The van der Waals surface area contributed by atoms with E-state index in [9.17, 15) is 8.42 Å². The molecule has 18 heavy (non-hydrogen) atoms. The summed E-state index contributed by atoms with van der Waals surface area (Å²) in [4.78, 5) is 0. The van der Waals surface area contributed by atoms with Crippen LogP contribution >= 0.6 is 23.2 Å². The second-order valence-corrected chi connectivity index (χ2v) is 5.32. The number of halogens is 2. The summed E-state index contributed by atoms with van der Waals surface area (Å²) in [6, 6.07) is 4.72. The molecule has 0 unspecified atom stereocenters. The molecule has 1 N–H and O–H groups in total. The van der Waals surface area contributed by atoms with Crippen molar-refractivity contribution < 1.29 is 13.2 Å². The number of benzene rings is 1. The Labute approximate surface area is 113 Å². The van der Waals surface area contributed by atoms with Gasteiger partial charge >= 0.3 is 10.2 Å². The van der Waals surface area contributed by atoms with Gasteiger partial charge in [-0.05, 0) is 18.2 Å². The van der Waals surface area contributed by atoms with Crippen molar-refractivity contribution in [2.24, 2.45) is 8.80 Å². The Balaban J connectivity index is 2.30. The Bertz CT molecular complexity index is 655. The van der Waals surface area contributed by atoms with Gasteiger partial charge in [-0.1, -0.05) is 23.2 Å². The Morgan fingerprint density at radius 1 is 1.22 bits per heavy atom. The number of nitrogens with zero attached hydrogens (tertiary/aromatic N) is 2. The molecule has 0 bridgehead atoms. The van der Waals surface area contributed by atoms with Crippen LogP contribution in [0.15, 0.2) is 27.0 Å². The highest BCUT2D eigenvalue weighted by molar-refractivity contribution is 7.89. The van der Waals surface area contributed by atoms with Crippen LogP contribution in [-0.4, -0.2) is 27.3 Å². The normalized spacial score (nSPS) is 17.1. The van der Waals surface area contributed by atoms with Crippen LogP contribution in [0.4, 0.5) is 5.69 Å². The molecule has 6 nitrogen and oxygen atoms in total. The van der Waals surface area contributed by atoms with Crippen molar-refractivity contribution in [2.45, 2.75) is 0 Å². The Morgan fingerprint density at radius 3 is 2.56 bits per heavy atom. The monoisotopic (exact) mass is 307 g/mol. The molecule has 96 valence electrons. The van der Waals surface area contributed by atoms with Gasteiger partial charge in [0.25, 0.3) is 5.90 Å². The smallest absolute Gasteiger partial charge is 0.368 e. The van der Waals surface area contributed by atoms with E-state index in [4.69, 9.17) is 27.9 Å². The van der Waals surface area contributed by atoms with Gasteiger partial charge < -0.3 is 10.1 Å². The van der Waals surface area contributed by atoms with Crippen molar-refractivity contribution in [3.8, 4) is 0 Å². The van der Waals surface area contributed by atoms with Gasteiger partial charge in [0.05, 0.1) is 17.2 Å².